The maximum Gasteiger partial charge on any atom is 0.251 e. The predicted octanol–water partition coefficient (Wildman–Crippen LogP) is 2.65. The van der Waals surface area contributed by atoms with Gasteiger partial charge >= 0.3 is 0 Å². The van der Waals surface area contributed by atoms with Crippen LogP contribution in [0.1, 0.15) is 24.2 Å². The van der Waals surface area contributed by atoms with Gasteiger partial charge in [0.2, 0.25) is 0 Å². The molecule has 1 unspecified atom stereocenters. The fourth-order valence-electron chi connectivity index (χ4n) is 1.32. The van der Waals surface area contributed by atoms with Gasteiger partial charge in [0.1, 0.15) is 11.0 Å². The van der Waals surface area contributed by atoms with E-state index in [4.69, 9.17) is 11.6 Å². The lowest BCUT2D eigenvalue weighted by molar-refractivity contribution is 0.0954. The summed E-state index contributed by atoms with van der Waals surface area (Å²) in [5.41, 5.74) is 0.527. The second-order valence-electron chi connectivity index (χ2n) is 3.85. The van der Waals surface area contributed by atoms with Crippen LogP contribution < -0.4 is 10.6 Å². The van der Waals surface area contributed by atoms with Crippen molar-refractivity contribution in [2.75, 3.05) is 24.7 Å². The molecular weight excluding hydrogens is 270 g/mol. The zero-order chi connectivity index (χ0) is 13.5. The highest BCUT2D eigenvalue weighted by atomic mass is 35.5. The van der Waals surface area contributed by atoms with Gasteiger partial charge in [0, 0.05) is 23.9 Å². The molecule has 4 nitrogen and oxygen atoms in total. The minimum absolute atomic E-state index is 0.126. The third-order valence-electron chi connectivity index (χ3n) is 2.37. The molecule has 1 aromatic heterocycles. The number of pyridine rings is 1. The van der Waals surface area contributed by atoms with Gasteiger partial charge < -0.3 is 10.6 Å². The summed E-state index contributed by atoms with van der Waals surface area (Å²) < 4.78 is 0. The van der Waals surface area contributed by atoms with Crippen LogP contribution in [0, 0.1) is 0 Å². The molecule has 18 heavy (non-hydrogen) atoms. The number of halogens is 1. The first-order valence-corrected chi connectivity index (χ1v) is 7.45. The summed E-state index contributed by atoms with van der Waals surface area (Å²) in [5, 5.41) is 6.62. The molecule has 0 saturated carbocycles. The first-order chi connectivity index (χ1) is 8.56. The fraction of sp³-hybridized carbons (Fsp3) is 0.500. The van der Waals surface area contributed by atoms with Crippen LogP contribution in [0.25, 0.3) is 0 Å². The summed E-state index contributed by atoms with van der Waals surface area (Å²) in [4.78, 5) is 16.0. The van der Waals surface area contributed by atoms with Gasteiger partial charge in [0.15, 0.2) is 0 Å². The minimum Gasteiger partial charge on any atom is -0.370 e. The third-order valence-corrected chi connectivity index (χ3v) is 3.53. The summed E-state index contributed by atoms with van der Waals surface area (Å²) in [6, 6.07) is 3.27. The number of nitrogens with one attached hydrogen (secondary N) is 2. The molecule has 2 N–H and O–H groups in total. The van der Waals surface area contributed by atoms with E-state index in [9.17, 15) is 4.79 Å². The van der Waals surface area contributed by atoms with Crippen LogP contribution in [-0.4, -0.2) is 35.5 Å². The van der Waals surface area contributed by atoms with Crippen molar-refractivity contribution in [2.24, 2.45) is 0 Å². The van der Waals surface area contributed by atoms with E-state index in [2.05, 4.69) is 22.5 Å². The SMILES string of the molecule is CCNc1cc(C(=O)NCC(C)SC)cc(Cl)n1. The van der Waals surface area contributed by atoms with Crippen LogP contribution in [0.5, 0.6) is 0 Å². The van der Waals surface area contributed by atoms with Gasteiger partial charge in [0.05, 0.1) is 0 Å². The van der Waals surface area contributed by atoms with Crippen LogP contribution in [0.15, 0.2) is 12.1 Å². The lowest BCUT2D eigenvalue weighted by atomic mass is 10.2. The first kappa shape index (κ1) is 15.1. The van der Waals surface area contributed by atoms with Crippen molar-refractivity contribution in [2.45, 2.75) is 19.1 Å². The van der Waals surface area contributed by atoms with Gasteiger partial charge in [-0.25, -0.2) is 4.98 Å². The van der Waals surface area contributed by atoms with Crippen molar-refractivity contribution in [1.29, 1.82) is 0 Å². The number of hydrogen-bond donors (Lipinski definition) is 2. The van der Waals surface area contributed by atoms with E-state index in [0.29, 0.717) is 28.3 Å². The molecular formula is C12H18ClN3OS. The predicted molar refractivity (Wildman–Crippen MR) is 78.7 cm³/mol. The summed E-state index contributed by atoms with van der Waals surface area (Å²) in [6.45, 7) is 5.39. The quantitative estimate of drug-likeness (QED) is 0.790. The largest absolute Gasteiger partial charge is 0.370 e. The van der Waals surface area contributed by atoms with Gasteiger partial charge in [-0.05, 0) is 25.3 Å². The van der Waals surface area contributed by atoms with E-state index in [-0.39, 0.29) is 5.91 Å². The monoisotopic (exact) mass is 287 g/mol. The number of thioether (sulfide) groups is 1. The number of anilines is 1. The van der Waals surface area contributed by atoms with E-state index >= 15 is 0 Å². The molecule has 1 atom stereocenters. The molecule has 0 aromatic carbocycles. The minimum atomic E-state index is -0.126. The number of hydrogen-bond acceptors (Lipinski definition) is 4. The number of carbonyl (C=O) groups is 1. The van der Waals surface area contributed by atoms with Crippen LogP contribution in [0.3, 0.4) is 0 Å². The molecule has 1 rings (SSSR count). The van der Waals surface area contributed by atoms with E-state index in [1.165, 1.54) is 0 Å². The Morgan fingerprint density at radius 1 is 1.56 bits per heavy atom. The van der Waals surface area contributed by atoms with Gasteiger partial charge in [-0.15, -0.1) is 0 Å². The molecule has 100 valence electrons. The second-order valence-corrected chi connectivity index (χ2v) is 5.51. The lowest BCUT2D eigenvalue weighted by Crippen LogP contribution is -2.29. The van der Waals surface area contributed by atoms with Crippen LogP contribution in [0.2, 0.25) is 5.15 Å². The van der Waals surface area contributed by atoms with Crippen molar-refractivity contribution in [3.63, 3.8) is 0 Å². The Morgan fingerprint density at radius 3 is 2.89 bits per heavy atom. The number of rotatable bonds is 6. The fourth-order valence-corrected chi connectivity index (χ4v) is 1.78. The van der Waals surface area contributed by atoms with Gasteiger partial charge in [0.25, 0.3) is 5.91 Å². The zero-order valence-electron chi connectivity index (χ0n) is 10.8. The highest BCUT2D eigenvalue weighted by molar-refractivity contribution is 7.99. The third kappa shape index (κ3) is 4.74. The topological polar surface area (TPSA) is 54.0 Å². The molecule has 0 bridgehead atoms. The Hall–Kier alpha value is -0.940. The summed E-state index contributed by atoms with van der Waals surface area (Å²) >= 11 is 7.60. The average Bonchev–Trinajstić information content (AvgIpc) is 2.35. The molecule has 1 heterocycles. The second kappa shape index (κ2) is 7.48. The van der Waals surface area contributed by atoms with Crippen molar-refractivity contribution < 1.29 is 4.79 Å². The highest BCUT2D eigenvalue weighted by Crippen LogP contribution is 2.14. The number of carbonyl (C=O) groups excluding carboxylic acids is 1. The van der Waals surface area contributed by atoms with Crippen LogP contribution >= 0.6 is 23.4 Å². The van der Waals surface area contributed by atoms with E-state index in [1.54, 1.807) is 23.9 Å². The summed E-state index contributed by atoms with van der Waals surface area (Å²) in [6.07, 6.45) is 2.02. The molecule has 0 spiro atoms. The molecule has 0 fully saturated rings. The van der Waals surface area contributed by atoms with Crippen molar-refractivity contribution in [1.82, 2.24) is 10.3 Å². The summed E-state index contributed by atoms with van der Waals surface area (Å²) in [7, 11) is 0. The number of aromatic nitrogens is 1. The normalized spacial score (nSPS) is 12.0. The number of amides is 1. The van der Waals surface area contributed by atoms with Gasteiger partial charge in [-0.1, -0.05) is 18.5 Å². The van der Waals surface area contributed by atoms with E-state index in [1.807, 2.05) is 13.2 Å². The maximum absolute atomic E-state index is 11.9. The summed E-state index contributed by atoms with van der Waals surface area (Å²) in [5.74, 6) is 0.493. The van der Waals surface area contributed by atoms with Crippen molar-refractivity contribution in [3.8, 4) is 0 Å². The molecule has 0 radical (unpaired) electrons. The van der Waals surface area contributed by atoms with E-state index in [0.717, 1.165) is 6.54 Å². The molecule has 0 aliphatic heterocycles. The van der Waals surface area contributed by atoms with Crippen LogP contribution in [0.4, 0.5) is 5.82 Å². The Morgan fingerprint density at radius 2 is 2.28 bits per heavy atom. The molecule has 0 aliphatic rings. The molecule has 6 heteroatoms. The molecule has 0 saturated heterocycles. The average molecular weight is 288 g/mol. The Kier molecular flexibility index (Phi) is 6.29. The molecule has 1 aromatic rings. The van der Waals surface area contributed by atoms with Crippen molar-refractivity contribution in [3.05, 3.63) is 22.8 Å². The Balaban J connectivity index is 2.72. The van der Waals surface area contributed by atoms with Crippen LogP contribution in [-0.2, 0) is 0 Å². The van der Waals surface area contributed by atoms with E-state index < -0.39 is 0 Å². The smallest absolute Gasteiger partial charge is 0.251 e. The van der Waals surface area contributed by atoms with Crippen molar-refractivity contribution >= 4 is 35.1 Å². The van der Waals surface area contributed by atoms with Gasteiger partial charge in [-0.2, -0.15) is 11.8 Å². The lowest BCUT2D eigenvalue weighted by Gasteiger charge is -2.11. The maximum atomic E-state index is 11.9. The number of nitrogens with zero attached hydrogens (tertiary/aromatic N) is 1. The standard InChI is InChI=1S/C12H18ClN3OS/c1-4-14-11-6-9(5-10(13)16-11)12(17)15-7-8(2)18-3/h5-6,8H,4,7H2,1-3H3,(H,14,16)(H,15,17). The first-order valence-electron chi connectivity index (χ1n) is 5.79. The molecule has 0 aliphatic carbocycles. The Bertz CT molecular complexity index is 414. The van der Waals surface area contributed by atoms with Gasteiger partial charge in [-0.3, -0.25) is 4.79 Å². The zero-order valence-corrected chi connectivity index (χ0v) is 12.4. The Labute approximate surface area is 117 Å². The molecule has 1 amide bonds. The highest BCUT2D eigenvalue weighted by Gasteiger charge is 2.10.